The molecule has 1 atom stereocenters. The Balaban J connectivity index is 1.88. The molecule has 100 valence electrons. The van der Waals surface area contributed by atoms with E-state index in [0.29, 0.717) is 6.04 Å². The molecule has 1 fully saturated rings. The van der Waals surface area contributed by atoms with Crippen molar-refractivity contribution in [1.82, 2.24) is 14.8 Å². The lowest BCUT2D eigenvalue weighted by Crippen LogP contribution is -2.36. The number of pyridine rings is 1. The SMILES string of the molecule is CNc1cccc(CN(C)CC2CCCN2C)n1. The Morgan fingerprint density at radius 2 is 2.33 bits per heavy atom. The van der Waals surface area contributed by atoms with Crippen molar-refractivity contribution in [3.05, 3.63) is 23.9 Å². The molecule has 0 saturated carbocycles. The highest BCUT2D eigenvalue weighted by Gasteiger charge is 2.21. The fourth-order valence-corrected chi connectivity index (χ4v) is 2.62. The number of nitrogens with one attached hydrogen (secondary N) is 1. The first-order valence-corrected chi connectivity index (χ1v) is 6.71. The summed E-state index contributed by atoms with van der Waals surface area (Å²) in [5.74, 6) is 0.943. The molecule has 1 unspecified atom stereocenters. The van der Waals surface area contributed by atoms with Gasteiger partial charge in [-0.2, -0.15) is 0 Å². The summed E-state index contributed by atoms with van der Waals surface area (Å²) < 4.78 is 0. The van der Waals surface area contributed by atoms with Gasteiger partial charge in [0.2, 0.25) is 0 Å². The Kier molecular flexibility index (Phi) is 4.55. The zero-order valence-corrected chi connectivity index (χ0v) is 11.7. The lowest BCUT2D eigenvalue weighted by molar-refractivity contribution is 0.214. The van der Waals surface area contributed by atoms with Crippen LogP contribution < -0.4 is 5.32 Å². The van der Waals surface area contributed by atoms with Crippen molar-refractivity contribution in [2.24, 2.45) is 0 Å². The van der Waals surface area contributed by atoms with E-state index in [2.05, 4.69) is 46.3 Å². The van der Waals surface area contributed by atoms with Gasteiger partial charge >= 0.3 is 0 Å². The highest BCUT2D eigenvalue weighted by atomic mass is 15.2. The molecule has 1 saturated heterocycles. The summed E-state index contributed by atoms with van der Waals surface area (Å²) in [5, 5.41) is 3.08. The molecule has 4 nitrogen and oxygen atoms in total. The van der Waals surface area contributed by atoms with Gasteiger partial charge in [0.1, 0.15) is 5.82 Å². The summed E-state index contributed by atoms with van der Waals surface area (Å²) in [5.41, 5.74) is 1.13. The summed E-state index contributed by atoms with van der Waals surface area (Å²) in [4.78, 5) is 9.39. The largest absolute Gasteiger partial charge is 0.373 e. The lowest BCUT2D eigenvalue weighted by Gasteiger charge is -2.25. The molecule has 0 radical (unpaired) electrons. The first-order valence-electron chi connectivity index (χ1n) is 6.71. The van der Waals surface area contributed by atoms with Gasteiger partial charge in [-0.1, -0.05) is 6.07 Å². The van der Waals surface area contributed by atoms with Crippen molar-refractivity contribution in [1.29, 1.82) is 0 Å². The fourth-order valence-electron chi connectivity index (χ4n) is 2.62. The Labute approximate surface area is 110 Å². The number of hydrogen-bond acceptors (Lipinski definition) is 4. The molecule has 1 aliphatic rings. The summed E-state index contributed by atoms with van der Waals surface area (Å²) in [7, 11) is 6.31. The first kappa shape index (κ1) is 13.3. The highest BCUT2D eigenvalue weighted by molar-refractivity contribution is 5.34. The quantitative estimate of drug-likeness (QED) is 0.858. The first-order chi connectivity index (χ1) is 8.69. The average molecular weight is 248 g/mol. The second-order valence-corrected chi connectivity index (χ2v) is 5.24. The third-order valence-corrected chi connectivity index (χ3v) is 3.69. The van der Waals surface area contributed by atoms with E-state index in [4.69, 9.17) is 0 Å². The summed E-state index contributed by atoms with van der Waals surface area (Å²) in [6.07, 6.45) is 2.66. The molecule has 2 heterocycles. The molecular weight excluding hydrogens is 224 g/mol. The Bertz CT molecular complexity index is 380. The van der Waals surface area contributed by atoms with Crippen molar-refractivity contribution >= 4 is 5.82 Å². The van der Waals surface area contributed by atoms with Gasteiger partial charge in [0.05, 0.1) is 5.69 Å². The number of aromatic nitrogens is 1. The van der Waals surface area contributed by atoms with Crippen LogP contribution in [0.1, 0.15) is 18.5 Å². The van der Waals surface area contributed by atoms with E-state index in [0.717, 1.165) is 24.6 Å². The van der Waals surface area contributed by atoms with Crippen molar-refractivity contribution < 1.29 is 0 Å². The molecule has 0 amide bonds. The number of likely N-dealkylation sites (N-methyl/N-ethyl adjacent to an activating group) is 2. The molecule has 18 heavy (non-hydrogen) atoms. The van der Waals surface area contributed by atoms with Crippen LogP contribution in [0.25, 0.3) is 0 Å². The van der Waals surface area contributed by atoms with E-state index in [9.17, 15) is 0 Å². The van der Waals surface area contributed by atoms with Gasteiger partial charge in [-0.05, 0) is 45.6 Å². The minimum atomic E-state index is 0.711. The second-order valence-electron chi connectivity index (χ2n) is 5.24. The predicted molar refractivity (Wildman–Crippen MR) is 75.8 cm³/mol. The monoisotopic (exact) mass is 248 g/mol. The smallest absolute Gasteiger partial charge is 0.126 e. The minimum Gasteiger partial charge on any atom is -0.373 e. The van der Waals surface area contributed by atoms with Crippen LogP contribution in [0, 0.1) is 0 Å². The molecule has 1 N–H and O–H groups in total. The fraction of sp³-hybridized carbons (Fsp3) is 0.643. The van der Waals surface area contributed by atoms with E-state index in [1.54, 1.807) is 0 Å². The third-order valence-electron chi connectivity index (χ3n) is 3.69. The highest BCUT2D eigenvalue weighted by Crippen LogP contribution is 2.16. The third kappa shape index (κ3) is 3.43. The van der Waals surface area contributed by atoms with Gasteiger partial charge in [-0.15, -0.1) is 0 Å². The number of likely N-dealkylation sites (tertiary alicyclic amines) is 1. The molecule has 4 heteroatoms. The zero-order chi connectivity index (χ0) is 13.0. The van der Waals surface area contributed by atoms with Crippen molar-refractivity contribution in [3.63, 3.8) is 0 Å². The number of anilines is 1. The van der Waals surface area contributed by atoms with E-state index in [1.807, 2.05) is 13.1 Å². The Morgan fingerprint density at radius 3 is 3.00 bits per heavy atom. The average Bonchev–Trinajstić information content (AvgIpc) is 2.75. The maximum atomic E-state index is 4.56. The molecule has 0 spiro atoms. The molecule has 1 aromatic rings. The van der Waals surface area contributed by atoms with Gasteiger partial charge in [-0.25, -0.2) is 4.98 Å². The zero-order valence-electron chi connectivity index (χ0n) is 11.7. The van der Waals surface area contributed by atoms with Crippen LogP contribution >= 0.6 is 0 Å². The Morgan fingerprint density at radius 1 is 1.50 bits per heavy atom. The van der Waals surface area contributed by atoms with Crippen LogP contribution in [-0.2, 0) is 6.54 Å². The minimum absolute atomic E-state index is 0.711. The van der Waals surface area contributed by atoms with Crippen LogP contribution in [0.3, 0.4) is 0 Å². The topological polar surface area (TPSA) is 31.4 Å². The molecule has 0 aromatic carbocycles. The van der Waals surface area contributed by atoms with E-state index < -0.39 is 0 Å². The molecule has 2 rings (SSSR count). The van der Waals surface area contributed by atoms with Gasteiger partial charge in [0.25, 0.3) is 0 Å². The molecule has 0 aliphatic carbocycles. The van der Waals surface area contributed by atoms with Gasteiger partial charge in [-0.3, -0.25) is 4.90 Å². The summed E-state index contributed by atoms with van der Waals surface area (Å²) in [6.45, 7) is 3.29. The second kappa shape index (κ2) is 6.16. The van der Waals surface area contributed by atoms with Gasteiger partial charge in [0.15, 0.2) is 0 Å². The number of rotatable bonds is 5. The van der Waals surface area contributed by atoms with E-state index in [1.165, 1.54) is 19.4 Å². The van der Waals surface area contributed by atoms with Crippen molar-refractivity contribution in [2.75, 3.05) is 39.5 Å². The van der Waals surface area contributed by atoms with E-state index in [-0.39, 0.29) is 0 Å². The van der Waals surface area contributed by atoms with Crippen LogP contribution in [0.15, 0.2) is 18.2 Å². The van der Waals surface area contributed by atoms with Gasteiger partial charge < -0.3 is 10.2 Å². The number of hydrogen-bond donors (Lipinski definition) is 1. The Hall–Kier alpha value is -1.13. The van der Waals surface area contributed by atoms with Gasteiger partial charge in [0, 0.05) is 26.2 Å². The summed E-state index contributed by atoms with van der Waals surface area (Å²) >= 11 is 0. The number of nitrogens with zero attached hydrogens (tertiary/aromatic N) is 3. The molecule has 1 aliphatic heterocycles. The van der Waals surface area contributed by atoms with Crippen molar-refractivity contribution in [2.45, 2.75) is 25.4 Å². The maximum Gasteiger partial charge on any atom is 0.126 e. The maximum absolute atomic E-state index is 4.56. The normalized spacial score (nSPS) is 20.6. The van der Waals surface area contributed by atoms with Crippen LogP contribution in [0.4, 0.5) is 5.82 Å². The van der Waals surface area contributed by atoms with Crippen LogP contribution in [-0.4, -0.2) is 55.1 Å². The lowest BCUT2D eigenvalue weighted by atomic mass is 10.2. The predicted octanol–water partition coefficient (Wildman–Crippen LogP) is 1.65. The van der Waals surface area contributed by atoms with Crippen LogP contribution in [0.2, 0.25) is 0 Å². The van der Waals surface area contributed by atoms with Crippen molar-refractivity contribution in [3.8, 4) is 0 Å². The standard InChI is InChI=1S/C14H24N4/c1-15-14-8-4-6-12(16-14)10-17(2)11-13-7-5-9-18(13)3/h4,6,8,13H,5,7,9-11H2,1-3H3,(H,15,16). The summed E-state index contributed by atoms with van der Waals surface area (Å²) in [6, 6.07) is 6.86. The van der Waals surface area contributed by atoms with Crippen LogP contribution in [0.5, 0.6) is 0 Å². The molecule has 1 aromatic heterocycles. The van der Waals surface area contributed by atoms with E-state index >= 15 is 0 Å². The molecular formula is C14H24N4. The molecule has 0 bridgehead atoms.